The standard InChI is InChI=1S/C25H34BrN3O4S/c1-6-18(3)27-25(31)19(4)28(16-21-8-12-22(26)13-9-21)24(30)17-29(34(5,32)33)23-14-10-20(7-2)11-15-23/h8-15,18-19H,6-7,16-17H2,1-5H3,(H,27,31)/t18-,19+/m1/s1. The van der Waals surface area contributed by atoms with Crippen molar-refractivity contribution in [1.82, 2.24) is 10.2 Å². The first-order valence-corrected chi connectivity index (χ1v) is 14.0. The Balaban J connectivity index is 2.36. The first-order chi connectivity index (χ1) is 16.0. The fourth-order valence-electron chi connectivity index (χ4n) is 3.35. The Morgan fingerprint density at radius 1 is 0.971 bits per heavy atom. The topological polar surface area (TPSA) is 86.8 Å². The van der Waals surface area contributed by atoms with Crippen molar-refractivity contribution < 1.29 is 18.0 Å². The lowest BCUT2D eigenvalue weighted by atomic mass is 10.1. The zero-order valence-electron chi connectivity index (χ0n) is 20.4. The third-order valence-electron chi connectivity index (χ3n) is 5.75. The van der Waals surface area contributed by atoms with Gasteiger partial charge in [0.15, 0.2) is 0 Å². The van der Waals surface area contributed by atoms with Crippen molar-refractivity contribution in [3.8, 4) is 0 Å². The van der Waals surface area contributed by atoms with Crippen LogP contribution in [-0.2, 0) is 32.6 Å². The molecule has 0 aliphatic carbocycles. The molecule has 0 spiro atoms. The van der Waals surface area contributed by atoms with Gasteiger partial charge in [0, 0.05) is 17.1 Å². The van der Waals surface area contributed by atoms with E-state index in [-0.39, 0.29) is 18.5 Å². The summed E-state index contributed by atoms with van der Waals surface area (Å²) in [5.41, 5.74) is 2.31. The summed E-state index contributed by atoms with van der Waals surface area (Å²) < 4.78 is 27.2. The maximum Gasteiger partial charge on any atom is 0.244 e. The summed E-state index contributed by atoms with van der Waals surface area (Å²) in [4.78, 5) is 27.8. The largest absolute Gasteiger partial charge is 0.352 e. The van der Waals surface area contributed by atoms with Gasteiger partial charge in [0.25, 0.3) is 0 Å². The van der Waals surface area contributed by atoms with E-state index in [1.807, 2.05) is 57.2 Å². The molecule has 1 N–H and O–H groups in total. The second-order valence-corrected chi connectivity index (χ2v) is 11.3. The van der Waals surface area contributed by atoms with Gasteiger partial charge in [-0.1, -0.05) is 54.0 Å². The fourth-order valence-corrected chi connectivity index (χ4v) is 4.46. The van der Waals surface area contributed by atoms with E-state index >= 15 is 0 Å². The zero-order chi connectivity index (χ0) is 25.5. The van der Waals surface area contributed by atoms with E-state index in [1.165, 1.54) is 4.90 Å². The highest BCUT2D eigenvalue weighted by molar-refractivity contribution is 9.10. The average molecular weight is 553 g/mol. The summed E-state index contributed by atoms with van der Waals surface area (Å²) >= 11 is 3.40. The van der Waals surface area contributed by atoms with E-state index in [1.54, 1.807) is 19.1 Å². The number of nitrogens with zero attached hydrogens (tertiary/aromatic N) is 2. The predicted octanol–water partition coefficient (Wildman–Crippen LogP) is 4.11. The van der Waals surface area contributed by atoms with Crippen LogP contribution in [0.15, 0.2) is 53.0 Å². The van der Waals surface area contributed by atoms with Crippen LogP contribution in [0.5, 0.6) is 0 Å². The minimum absolute atomic E-state index is 0.0378. The SMILES string of the molecule is CCc1ccc(N(CC(=O)N(Cc2ccc(Br)cc2)[C@@H](C)C(=O)N[C@H](C)CC)S(C)(=O)=O)cc1. The van der Waals surface area contributed by atoms with Gasteiger partial charge in [-0.3, -0.25) is 13.9 Å². The number of sulfonamides is 1. The Morgan fingerprint density at radius 2 is 1.53 bits per heavy atom. The van der Waals surface area contributed by atoms with Crippen molar-refractivity contribution in [3.63, 3.8) is 0 Å². The van der Waals surface area contributed by atoms with Crippen molar-refractivity contribution >= 4 is 43.5 Å². The molecule has 2 aromatic rings. The molecular weight excluding hydrogens is 518 g/mol. The number of carbonyl (C=O) groups excluding carboxylic acids is 2. The van der Waals surface area contributed by atoms with Gasteiger partial charge in [0.05, 0.1) is 11.9 Å². The van der Waals surface area contributed by atoms with Gasteiger partial charge in [0.1, 0.15) is 12.6 Å². The van der Waals surface area contributed by atoms with Crippen molar-refractivity contribution in [3.05, 3.63) is 64.1 Å². The highest BCUT2D eigenvalue weighted by atomic mass is 79.9. The molecule has 0 unspecified atom stereocenters. The molecule has 7 nitrogen and oxygen atoms in total. The van der Waals surface area contributed by atoms with Crippen LogP contribution in [0.4, 0.5) is 5.69 Å². The molecule has 0 bridgehead atoms. The third kappa shape index (κ3) is 7.84. The number of benzene rings is 2. The molecule has 9 heteroatoms. The van der Waals surface area contributed by atoms with Crippen LogP contribution in [0.2, 0.25) is 0 Å². The van der Waals surface area contributed by atoms with E-state index in [9.17, 15) is 18.0 Å². The van der Waals surface area contributed by atoms with Crippen LogP contribution in [0, 0.1) is 0 Å². The molecule has 0 radical (unpaired) electrons. The molecule has 0 aliphatic heterocycles. The van der Waals surface area contributed by atoms with Gasteiger partial charge < -0.3 is 10.2 Å². The summed E-state index contributed by atoms with van der Waals surface area (Å²) in [6.07, 6.45) is 2.66. The Labute approximate surface area is 211 Å². The van der Waals surface area contributed by atoms with Gasteiger partial charge in [-0.15, -0.1) is 0 Å². The lowest BCUT2D eigenvalue weighted by Crippen LogP contribution is -2.52. The highest BCUT2D eigenvalue weighted by Gasteiger charge is 2.30. The lowest BCUT2D eigenvalue weighted by molar-refractivity contribution is -0.139. The first-order valence-electron chi connectivity index (χ1n) is 11.4. The number of nitrogens with one attached hydrogen (secondary N) is 1. The van der Waals surface area contributed by atoms with E-state index < -0.39 is 28.5 Å². The lowest BCUT2D eigenvalue weighted by Gasteiger charge is -2.32. The minimum atomic E-state index is -3.73. The number of carbonyl (C=O) groups is 2. The van der Waals surface area contributed by atoms with Gasteiger partial charge >= 0.3 is 0 Å². The van der Waals surface area contributed by atoms with Crippen LogP contribution < -0.4 is 9.62 Å². The van der Waals surface area contributed by atoms with Gasteiger partial charge in [0.2, 0.25) is 21.8 Å². The highest BCUT2D eigenvalue weighted by Crippen LogP contribution is 2.20. The molecule has 0 heterocycles. The van der Waals surface area contributed by atoms with E-state index in [2.05, 4.69) is 21.2 Å². The monoisotopic (exact) mass is 551 g/mol. The average Bonchev–Trinajstić information content (AvgIpc) is 2.80. The van der Waals surface area contributed by atoms with Crippen molar-refractivity contribution in [2.45, 2.75) is 59.2 Å². The van der Waals surface area contributed by atoms with Gasteiger partial charge in [-0.05, 0) is 62.1 Å². The maximum absolute atomic E-state index is 13.5. The van der Waals surface area contributed by atoms with Crippen LogP contribution in [0.1, 0.15) is 45.2 Å². The van der Waals surface area contributed by atoms with Crippen molar-refractivity contribution in [1.29, 1.82) is 0 Å². The fraction of sp³-hybridized carbons (Fsp3) is 0.440. The van der Waals surface area contributed by atoms with Crippen LogP contribution in [0.25, 0.3) is 0 Å². The van der Waals surface area contributed by atoms with Crippen molar-refractivity contribution in [2.75, 3.05) is 17.1 Å². The molecule has 2 amide bonds. The van der Waals surface area contributed by atoms with Gasteiger partial charge in [-0.25, -0.2) is 8.42 Å². The molecule has 186 valence electrons. The zero-order valence-corrected chi connectivity index (χ0v) is 22.8. The Morgan fingerprint density at radius 3 is 2.03 bits per heavy atom. The summed E-state index contributed by atoms with van der Waals surface area (Å²) in [6.45, 7) is 7.31. The summed E-state index contributed by atoms with van der Waals surface area (Å²) in [6, 6.07) is 13.7. The van der Waals surface area contributed by atoms with E-state index in [0.717, 1.165) is 39.0 Å². The minimum Gasteiger partial charge on any atom is -0.352 e. The van der Waals surface area contributed by atoms with E-state index in [0.29, 0.717) is 5.69 Å². The summed E-state index contributed by atoms with van der Waals surface area (Å²) in [5.74, 6) is -0.738. The number of anilines is 1. The Hall–Kier alpha value is -2.39. The molecule has 0 fully saturated rings. The molecular formula is C25H34BrN3O4S. The number of hydrogen-bond acceptors (Lipinski definition) is 4. The molecule has 0 aromatic heterocycles. The van der Waals surface area contributed by atoms with Crippen LogP contribution in [-0.4, -0.2) is 50.0 Å². The molecule has 2 aromatic carbocycles. The normalized spacial score (nSPS) is 13.1. The molecule has 0 aliphatic rings. The predicted molar refractivity (Wildman–Crippen MR) is 140 cm³/mol. The van der Waals surface area contributed by atoms with Crippen molar-refractivity contribution in [2.24, 2.45) is 0 Å². The number of halogens is 1. The van der Waals surface area contributed by atoms with Gasteiger partial charge in [-0.2, -0.15) is 0 Å². The summed E-state index contributed by atoms with van der Waals surface area (Å²) in [5, 5.41) is 2.92. The molecule has 2 atom stereocenters. The number of hydrogen-bond donors (Lipinski definition) is 1. The quantitative estimate of drug-likeness (QED) is 0.455. The van der Waals surface area contributed by atoms with Crippen LogP contribution in [0.3, 0.4) is 0 Å². The number of aryl methyl sites for hydroxylation is 1. The first kappa shape index (κ1) is 27.9. The Bertz CT molecular complexity index is 1070. The Kier molecular flexibility index (Phi) is 10.1. The number of rotatable bonds is 11. The number of amides is 2. The molecule has 0 saturated heterocycles. The van der Waals surface area contributed by atoms with E-state index in [4.69, 9.17) is 0 Å². The third-order valence-corrected chi connectivity index (χ3v) is 7.42. The smallest absolute Gasteiger partial charge is 0.244 e. The second kappa shape index (κ2) is 12.4. The molecule has 2 rings (SSSR count). The van der Waals surface area contributed by atoms with Crippen LogP contribution >= 0.6 is 15.9 Å². The maximum atomic E-state index is 13.5. The summed E-state index contributed by atoms with van der Waals surface area (Å²) in [7, 11) is -3.73. The molecule has 34 heavy (non-hydrogen) atoms. The molecule has 0 saturated carbocycles. The second-order valence-electron chi connectivity index (χ2n) is 8.43.